The predicted octanol–water partition coefficient (Wildman–Crippen LogP) is 2.49. The van der Waals surface area contributed by atoms with E-state index >= 15 is 0 Å². The topological polar surface area (TPSA) is 64.6 Å². The first-order valence-electron chi connectivity index (χ1n) is 10.1. The Labute approximate surface area is 180 Å². The van der Waals surface area contributed by atoms with Crippen LogP contribution in [0.15, 0.2) is 24.3 Å². The highest BCUT2D eigenvalue weighted by atomic mass is 35.5. The van der Waals surface area contributed by atoms with Crippen molar-refractivity contribution in [2.45, 2.75) is 51.3 Å². The van der Waals surface area contributed by atoms with E-state index in [4.69, 9.17) is 0 Å². The average molecular weight is 430 g/mol. The highest BCUT2D eigenvalue weighted by Gasteiger charge is 2.57. The maximum Gasteiger partial charge on any atom is 0.223 e. The number of halogens is 2. The molecule has 1 atom stereocenters. The highest BCUT2D eigenvalue weighted by Crippen LogP contribution is 2.58. The van der Waals surface area contributed by atoms with E-state index in [0.29, 0.717) is 12.0 Å². The Morgan fingerprint density at radius 2 is 1.79 bits per heavy atom. The summed E-state index contributed by atoms with van der Waals surface area (Å²) in [5, 5.41) is 16.3. The molecule has 2 aliphatic heterocycles. The summed E-state index contributed by atoms with van der Waals surface area (Å²) in [5.74, 6) is 0.461. The third kappa shape index (κ3) is 5.39. The monoisotopic (exact) mass is 429 g/mol. The van der Waals surface area contributed by atoms with Gasteiger partial charge in [-0.2, -0.15) is 0 Å². The maximum absolute atomic E-state index is 12.6. The number of hydrogen-bond acceptors (Lipinski definition) is 4. The third-order valence-electron chi connectivity index (χ3n) is 6.63. The minimum absolute atomic E-state index is 0. The van der Waals surface area contributed by atoms with Gasteiger partial charge >= 0.3 is 0 Å². The lowest BCUT2D eigenvalue weighted by atomic mass is 9.92. The van der Waals surface area contributed by atoms with Crippen molar-refractivity contribution in [3.8, 4) is 0 Å². The predicted molar refractivity (Wildman–Crippen MR) is 116 cm³/mol. The number of likely N-dealkylation sites (tertiary alicyclic amines) is 1. The highest BCUT2D eigenvalue weighted by molar-refractivity contribution is 5.85. The normalized spacial score (nSPS) is 24.1. The zero-order chi connectivity index (χ0) is 18.0. The first-order chi connectivity index (χ1) is 12.7. The van der Waals surface area contributed by atoms with E-state index in [0.717, 1.165) is 64.8 Å². The van der Waals surface area contributed by atoms with Crippen LogP contribution in [0.1, 0.15) is 43.2 Å². The zero-order valence-electron chi connectivity index (χ0n) is 16.4. The molecule has 0 bridgehead atoms. The van der Waals surface area contributed by atoms with Crippen molar-refractivity contribution in [1.29, 1.82) is 0 Å². The molecule has 0 aromatic heterocycles. The molecule has 28 heavy (non-hydrogen) atoms. The molecule has 5 nitrogen and oxygen atoms in total. The van der Waals surface area contributed by atoms with Crippen molar-refractivity contribution >= 4 is 30.7 Å². The fourth-order valence-corrected chi connectivity index (χ4v) is 4.70. The molecule has 1 aromatic carbocycles. The minimum atomic E-state index is -0.137. The number of rotatable bonds is 5. The molecule has 1 saturated carbocycles. The third-order valence-corrected chi connectivity index (χ3v) is 6.63. The van der Waals surface area contributed by atoms with Gasteiger partial charge in [0.2, 0.25) is 5.91 Å². The molecule has 7 heteroatoms. The van der Waals surface area contributed by atoms with Gasteiger partial charge in [-0.3, -0.25) is 9.69 Å². The van der Waals surface area contributed by atoms with E-state index in [1.807, 2.05) is 0 Å². The van der Waals surface area contributed by atoms with Crippen molar-refractivity contribution in [1.82, 2.24) is 15.5 Å². The molecule has 1 unspecified atom stereocenters. The fourth-order valence-electron chi connectivity index (χ4n) is 4.70. The summed E-state index contributed by atoms with van der Waals surface area (Å²) in [5.41, 5.74) is 2.80. The van der Waals surface area contributed by atoms with Crippen molar-refractivity contribution in [3.05, 3.63) is 35.4 Å². The number of nitrogens with one attached hydrogen (secondary N) is 2. The van der Waals surface area contributed by atoms with Crippen LogP contribution >= 0.6 is 24.8 Å². The van der Waals surface area contributed by atoms with Gasteiger partial charge in [0.1, 0.15) is 0 Å². The number of nitrogens with zero attached hydrogens (tertiary/aromatic N) is 1. The molecule has 2 saturated heterocycles. The molecule has 1 aromatic rings. The Hall–Kier alpha value is -0.850. The van der Waals surface area contributed by atoms with Crippen LogP contribution in [0, 0.1) is 11.3 Å². The van der Waals surface area contributed by atoms with Gasteiger partial charge in [-0.25, -0.2) is 0 Å². The van der Waals surface area contributed by atoms with Crippen LogP contribution in [0.25, 0.3) is 0 Å². The SMILES string of the molecule is Cl.Cl.O=C(NCc1ccccc1CN1CCC(O)CC1)C1CC12CCNCC2. The number of carbonyl (C=O) groups excluding carboxylic acids is 1. The zero-order valence-corrected chi connectivity index (χ0v) is 18.0. The number of hydrogen-bond donors (Lipinski definition) is 3. The van der Waals surface area contributed by atoms with Gasteiger partial charge in [0, 0.05) is 32.1 Å². The van der Waals surface area contributed by atoms with Crippen LogP contribution in [-0.4, -0.2) is 48.2 Å². The van der Waals surface area contributed by atoms with Gasteiger partial charge in [-0.15, -0.1) is 24.8 Å². The lowest BCUT2D eigenvalue weighted by molar-refractivity contribution is -0.123. The maximum atomic E-state index is 12.6. The Morgan fingerprint density at radius 3 is 2.46 bits per heavy atom. The van der Waals surface area contributed by atoms with Crippen LogP contribution in [-0.2, 0) is 17.9 Å². The summed E-state index contributed by atoms with van der Waals surface area (Å²) in [6.45, 7) is 5.52. The lowest BCUT2D eigenvalue weighted by Crippen LogP contribution is -2.36. The number of amides is 1. The molecule has 1 spiro atoms. The molecule has 3 N–H and O–H groups in total. The van der Waals surface area contributed by atoms with Gasteiger partial charge in [0.25, 0.3) is 0 Å². The number of aliphatic hydroxyl groups excluding tert-OH is 1. The summed E-state index contributed by atoms with van der Waals surface area (Å²) in [4.78, 5) is 15.0. The fraction of sp³-hybridized carbons (Fsp3) is 0.667. The van der Waals surface area contributed by atoms with Crippen molar-refractivity contribution < 1.29 is 9.90 Å². The van der Waals surface area contributed by atoms with E-state index in [-0.39, 0.29) is 42.7 Å². The summed E-state index contributed by atoms with van der Waals surface area (Å²) in [6.07, 6.45) is 4.93. The van der Waals surface area contributed by atoms with Gasteiger partial charge in [0.05, 0.1) is 6.10 Å². The van der Waals surface area contributed by atoms with E-state index in [9.17, 15) is 9.90 Å². The molecule has 1 amide bonds. The van der Waals surface area contributed by atoms with Gasteiger partial charge in [-0.05, 0) is 61.7 Å². The molecular formula is C21H33Cl2N3O2. The molecule has 3 aliphatic rings. The Kier molecular flexibility index (Phi) is 8.59. The Balaban J connectivity index is 0.00000140. The number of piperidine rings is 2. The van der Waals surface area contributed by atoms with Crippen molar-refractivity contribution in [3.63, 3.8) is 0 Å². The van der Waals surface area contributed by atoms with Gasteiger partial charge in [-0.1, -0.05) is 24.3 Å². The molecule has 4 rings (SSSR count). The van der Waals surface area contributed by atoms with Crippen LogP contribution in [0.4, 0.5) is 0 Å². The van der Waals surface area contributed by atoms with E-state index in [2.05, 4.69) is 39.8 Å². The molecule has 1 aliphatic carbocycles. The summed E-state index contributed by atoms with van der Waals surface area (Å²) in [7, 11) is 0. The first kappa shape index (κ1) is 23.4. The van der Waals surface area contributed by atoms with Crippen molar-refractivity contribution in [2.24, 2.45) is 11.3 Å². The molecule has 158 valence electrons. The second kappa shape index (κ2) is 10.3. The lowest BCUT2D eigenvalue weighted by Gasteiger charge is -2.30. The van der Waals surface area contributed by atoms with Crippen molar-refractivity contribution in [2.75, 3.05) is 26.2 Å². The quantitative estimate of drug-likeness (QED) is 0.672. The van der Waals surface area contributed by atoms with Gasteiger partial charge < -0.3 is 15.7 Å². The van der Waals surface area contributed by atoms with E-state index < -0.39 is 0 Å². The molecule has 3 fully saturated rings. The van der Waals surface area contributed by atoms with Crippen LogP contribution in [0.2, 0.25) is 0 Å². The number of aliphatic hydroxyl groups is 1. The summed E-state index contributed by atoms with van der Waals surface area (Å²) in [6, 6.07) is 8.42. The van der Waals surface area contributed by atoms with Crippen LogP contribution < -0.4 is 10.6 Å². The smallest absolute Gasteiger partial charge is 0.223 e. The van der Waals surface area contributed by atoms with E-state index in [1.54, 1.807) is 0 Å². The number of benzene rings is 1. The standard InChI is InChI=1S/C21H31N3O2.2ClH/c25-18-5-11-24(12-6-18)15-17-4-2-1-3-16(17)14-23-20(26)19-13-21(19)7-9-22-10-8-21;;/h1-4,18-19,22,25H,5-15H2,(H,23,26);2*1H. The van der Waals surface area contributed by atoms with Crippen LogP contribution in [0.3, 0.4) is 0 Å². The van der Waals surface area contributed by atoms with Gasteiger partial charge in [0.15, 0.2) is 0 Å². The minimum Gasteiger partial charge on any atom is -0.393 e. The molecule has 2 heterocycles. The van der Waals surface area contributed by atoms with Crippen LogP contribution in [0.5, 0.6) is 0 Å². The second-order valence-electron chi connectivity index (χ2n) is 8.36. The number of carbonyl (C=O) groups is 1. The summed E-state index contributed by atoms with van der Waals surface area (Å²) >= 11 is 0. The first-order valence-corrected chi connectivity index (χ1v) is 10.1. The molecule has 0 radical (unpaired) electrons. The Bertz CT molecular complexity index is 644. The van der Waals surface area contributed by atoms with E-state index in [1.165, 1.54) is 11.1 Å². The Morgan fingerprint density at radius 1 is 1.14 bits per heavy atom. The second-order valence-corrected chi connectivity index (χ2v) is 8.36. The molecular weight excluding hydrogens is 397 g/mol. The summed E-state index contributed by atoms with van der Waals surface area (Å²) < 4.78 is 0. The average Bonchev–Trinajstić information content (AvgIpc) is 3.36. The largest absolute Gasteiger partial charge is 0.393 e.